The van der Waals surface area contributed by atoms with Gasteiger partial charge in [0.2, 0.25) is 5.65 Å². The van der Waals surface area contributed by atoms with Crippen LogP contribution in [-0.4, -0.2) is 4.57 Å². The Balaban J connectivity index is 0.000000960. The molecule has 0 aliphatic heterocycles. The second kappa shape index (κ2) is 6.94. The van der Waals surface area contributed by atoms with E-state index in [0.717, 1.165) is 11.1 Å². The van der Waals surface area contributed by atoms with Crippen LogP contribution in [0.5, 0.6) is 0 Å². The third-order valence-corrected chi connectivity index (χ3v) is 3.98. The monoisotopic (exact) mass is 375 g/mol. The molecular weight excluding hydrogens is 357 g/mol. The molecule has 0 amide bonds. The zero-order chi connectivity index (χ0) is 14.4. The van der Waals surface area contributed by atoms with E-state index in [4.69, 9.17) is 0 Å². The second-order valence-electron chi connectivity index (χ2n) is 5.36. The predicted molar refractivity (Wildman–Crippen MR) is 90.3 cm³/mol. The van der Waals surface area contributed by atoms with Gasteiger partial charge in [0.25, 0.3) is 0 Å². The van der Waals surface area contributed by atoms with Crippen molar-refractivity contribution < 1.29 is 37.1 Å². The molecule has 0 spiro atoms. The number of pyridine rings is 1. The molecule has 0 aliphatic rings. The van der Waals surface area contributed by atoms with Crippen LogP contribution >= 0.6 is 0 Å². The Morgan fingerprint density at radius 2 is 1.91 bits per heavy atom. The van der Waals surface area contributed by atoms with Gasteiger partial charge in [-0.1, -0.05) is 23.8 Å². The molecule has 0 unspecified atom stereocenters. The molecule has 4 rings (SSSR count). The van der Waals surface area contributed by atoms with Crippen LogP contribution in [0.4, 0.5) is 0 Å². The van der Waals surface area contributed by atoms with Crippen molar-refractivity contribution in [2.24, 2.45) is 7.05 Å². The molecule has 0 aliphatic carbocycles. The minimum atomic E-state index is 0. The summed E-state index contributed by atoms with van der Waals surface area (Å²) in [5, 5.41) is 2.50. The van der Waals surface area contributed by atoms with Gasteiger partial charge in [-0.3, -0.25) is 4.57 Å². The van der Waals surface area contributed by atoms with Crippen molar-refractivity contribution in [1.29, 1.82) is 0 Å². The quantitative estimate of drug-likeness (QED) is 0.352. The minimum absolute atomic E-state index is 0. The number of fused-ring (bicyclic) bond motifs is 3. The fourth-order valence-corrected chi connectivity index (χ4v) is 2.97. The minimum Gasteiger partial charge on any atom is -0.358 e. The number of aryl methyl sites for hydroxylation is 2. The largest absolute Gasteiger partial charge is 3.00 e. The number of aromatic nitrogens is 2. The van der Waals surface area contributed by atoms with Crippen LogP contribution in [0.15, 0.2) is 54.9 Å². The summed E-state index contributed by atoms with van der Waals surface area (Å²) in [4.78, 5) is 0. The molecule has 0 N–H and O–H groups in total. The molecule has 0 radical (unpaired) electrons. The molecule has 23 heavy (non-hydrogen) atoms. The van der Waals surface area contributed by atoms with E-state index in [2.05, 4.69) is 65.7 Å². The molecular formula is C20H18N2Y+. The number of imidazole rings is 1. The van der Waals surface area contributed by atoms with Gasteiger partial charge in [-0.25, -0.2) is 5.56 Å². The van der Waals surface area contributed by atoms with Crippen LogP contribution in [0.2, 0.25) is 0 Å². The van der Waals surface area contributed by atoms with E-state index < -0.39 is 0 Å². The average molecular weight is 375 g/mol. The van der Waals surface area contributed by atoms with Gasteiger partial charge in [-0.2, -0.15) is 24.3 Å². The van der Waals surface area contributed by atoms with Crippen molar-refractivity contribution in [3.05, 3.63) is 80.1 Å². The second-order valence-corrected chi connectivity index (χ2v) is 5.36. The molecule has 2 aromatic carbocycles. The average Bonchev–Trinajstić information content (AvgIpc) is 2.89. The number of nitrogens with zero attached hydrogens (tertiary/aromatic N) is 2. The maximum absolute atomic E-state index is 3.50. The summed E-state index contributed by atoms with van der Waals surface area (Å²) in [6, 6.07) is 17.8. The van der Waals surface area contributed by atoms with E-state index in [1.165, 1.54) is 22.0 Å². The molecule has 0 saturated heterocycles. The van der Waals surface area contributed by atoms with Gasteiger partial charge >= 0.3 is 32.7 Å². The Morgan fingerprint density at radius 3 is 2.65 bits per heavy atom. The first kappa shape index (κ1) is 17.8. The Hall–Kier alpha value is -1.51. The normalized spacial score (nSPS) is 10.3. The van der Waals surface area contributed by atoms with E-state index >= 15 is 0 Å². The molecule has 2 aromatic heterocycles. The smallest absolute Gasteiger partial charge is 0.358 e. The van der Waals surface area contributed by atoms with E-state index in [1.54, 1.807) is 0 Å². The van der Waals surface area contributed by atoms with Gasteiger partial charge in [-0.05, 0) is 12.3 Å². The first-order chi connectivity index (χ1) is 10.3. The molecule has 4 aromatic rings. The molecule has 0 saturated carbocycles. The third-order valence-electron chi connectivity index (χ3n) is 3.98. The molecule has 3 heteroatoms. The molecule has 110 valence electrons. The van der Waals surface area contributed by atoms with Crippen molar-refractivity contribution >= 4 is 16.4 Å². The summed E-state index contributed by atoms with van der Waals surface area (Å²) >= 11 is 0. The molecule has 0 bridgehead atoms. The number of benzene rings is 2. The molecule has 2 nitrogen and oxygen atoms in total. The maximum atomic E-state index is 3.50. The van der Waals surface area contributed by atoms with Crippen LogP contribution in [-0.2, 0) is 39.8 Å². The fraction of sp³-hybridized carbons (Fsp3) is 0.100. The van der Waals surface area contributed by atoms with Gasteiger partial charge in [-0.15, -0.1) is 17.0 Å². The van der Waals surface area contributed by atoms with E-state index in [0.29, 0.717) is 0 Å². The summed E-state index contributed by atoms with van der Waals surface area (Å²) in [6.07, 6.45) is 7.61. The Labute approximate surface area is 162 Å². The summed E-state index contributed by atoms with van der Waals surface area (Å²) < 4.78 is 4.22. The van der Waals surface area contributed by atoms with Crippen molar-refractivity contribution in [2.45, 2.75) is 6.92 Å². The predicted octanol–water partition coefficient (Wildman–Crippen LogP) is 3.94. The summed E-state index contributed by atoms with van der Waals surface area (Å²) in [5.41, 5.74) is 4.62. The number of hydrogen-bond acceptors (Lipinski definition) is 0. The van der Waals surface area contributed by atoms with E-state index in [9.17, 15) is 0 Å². The molecule has 2 heterocycles. The van der Waals surface area contributed by atoms with Gasteiger partial charge in [0, 0.05) is 6.20 Å². The van der Waals surface area contributed by atoms with Gasteiger partial charge < -0.3 is 11.8 Å². The van der Waals surface area contributed by atoms with E-state index in [-0.39, 0.29) is 40.1 Å². The van der Waals surface area contributed by atoms with Crippen LogP contribution in [0.3, 0.4) is 0 Å². The summed E-state index contributed by atoms with van der Waals surface area (Å²) in [5.74, 6) is 0. The summed E-state index contributed by atoms with van der Waals surface area (Å²) in [6.45, 7) is 2.16. The third kappa shape index (κ3) is 2.86. The Kier molecular flexibility index (Phi) is 5.39. The van der Waals surface area contributed by atoms with Crippen molar-refractivity contribution in [3.8, 4) is 11.1 Å². The van der Waals surface area contributed by atoms with Crippen LogP contribution < -0.4 is 4.40 Å². The maximum Gasteiger partial charge on any atom is 3.00 e. The topological polar surface area (TPSA) is 9.03 Å². The van der Waals surface area contributed by atoms with Gasteiger partial charge in [0.05, 0.1) is 19.4 Å². The zero-order valence-corrected chi connectivity index (χ0v) is 16.5. The molecule has 0 fully saturated rings. The van der Waals surface area contributed by atoms with Crippen molar-refractivity contribution in [2.75, 3.05) is 0 Å². The number of rotatable bonds is 1. The first-order valence-electron chi connectivity index (χ1n) is 7.04. The van der Waals surface area contributed by atoms with Gasteiger partial charge in [0.15, 0.2) is 0 Å². The summed E-state index contributed by atoms with van der Waals surface area (Å²) in [7, 11) is 2.07. The van der Waals surface area contributed by atoms with Crippen LogP contribution in [0.1, 0.15) is 5.56 Å². The SMILES string of the molecule is Cc1cccc2c(-c3[c-]cccc3)[c-][n+]3ccn(C)c3c12.[CH3-].[Y+3]. The number of hydrogen-bond donors (Lipinski definition) is 0. The van der Waals surface area contributed by atoms with Crippen LogP contribution in [0.25, 0.3) is 27.5 Å². The molecule has 0 atom stereocenters. The van der Waals surface area contributed by atoms with Crippen molar-refractivity contribution in [1.82, 2.24) is 4.57 Å². The van der Waals surface area contributed by atoms with Gasteiger partial charge in [0.1, 0.15) is 0 Å². The Morgan fingerprint density at radius 1 is 1.09 bits per heavy atom. The zero-order valence-electron chi connectivity index (χ0n) is 13.7. The fourth-order valence-electron chi connectivity index (χ4n) is 2.97. The van der Waals surface area contributed by atoms with Crippen LogP contribution in [0, 0.1) is 26.6 Å². The van der Waals surface area contributed by atoms with Crippen molar-refractivity contribution in [3.63, 3.8) is 0 Å². The van der Waals surface area contributed by atoms with E-state index in [1.807, 2.05) is 24.4 Å². The first-order valence-corrected chi connectivity index (χ1v) is 7.04. The Bertz CT molecular complexity index is 956. The standard InChI is InChI=1S/C19H15N2.CH3.Y/c1-14-7-6-10-16-17(15-8-4-3-5-9-15)13-21-12-11-20(2)19(21)18(14)16;;/h3-8,10-12H,1-2H3;1H3;/q2*-1;+3.